The van der Waals surface area contributed by atoms with Crippen LogP contribution in [0.2, 0.25) is 10.0 Å². The summed E-state index contributed by atoms with van der Waals surface area (Å²) < 4.78 is 1.72. The quantitative estimate of drug-likeness (QED) is 0.671. The van der Waals surface area contributed by atoms with Crippen LogP contribution >= 0.6 is 23.2 Å². The van der Waals surface area contributed by atoms with E-state index in [0.717, 1.165) is 5.56 Å². The summed E-state index contributed by atoms with van der Waals surface area (Å²) in [5.74, 6) is -0.778. The fourth-order valence-corrected chi connectivity index (χ4v) is 3.78. The first-order valence-electron chi connectivity index (χ1n) is 8.96. The van der Waals surface area contributed by atoms with Crippen molar-refractivity contribution in [3.8, 4) is 0 Å². The van der Waals surface area contributed by atoms with Gasteiger partial charge in [0.25, 0.3) is 0 Å². The molecule has 1 aromatic heterocycles. The predicted octanol–water partition coefficient (Wildman–Crippen LogP) is 3.62. The van der Waals surface area contributed by atoms with E-state index in [1.807, 2.05) is 24.3 Å². The number of carbonyl (C=O) groups excluding carboxylic acids is 2. The molecule has 7 nitrogen and oxygen atoms in total. The standard InChI is InChI=1S/C20H17Cl2N5O2/c21-15-6-16(22)8-18(7-15)27-10-14(5-19(27)28)20(29)25-17-3-1-13(2-4-17)9-26-12-23-11-24-26/h1-4,6-8,11-12,14H,5,9-10H2,(H,25,29). The summed E-state index contributed by atoms with van der Waals surface area (Å²) in [4.78, 5) is 30.5. The van der Waals surface area contributed by atoms with Gasteiger partial charge < -0.3 is 10.2 Å². The Balaban J connectivity index is 1.39. The molecule has 29 heavy (non-hydrogen) atoms. The van der Waals surface area contributed by atoms with Crippen LogP contribution in [0.5, 0.6) is 0 Å². The van der Waals surface area contributed by atoms with Crippen LogP contribution in [0, 0.1) is 5.92 Å². The second-order valence-electron chi connectivity index (χ2n) is 6.81. The normalized spacial score (nSPS) is 16.3. The van der Waals surface area contributed by atoms with Gasteiger partial charge in [-0.15, -0.1) is 0 Å². The third-order valence-corrected chi connectivity index (χ3v) is 5.12. The highest BCUT2D eigenvalue weighted by atomic mass is 35.5. The molecule has 9 heteroatoms. The molecule has 0 saturated carbocycles. The Bertz CT molecular complexity index is 1020. The highest BCUT2D eigenvalue weighted by Crippen LogP contribution is 2.30. The Labute approximate surface area is 177 Å². The number of nitrogens with one attached hydrogen (secondary N) is 1. The molecule has 0 aliphatic carbocycles. The van der Waals surface area contributed by atoms with E-state index in [4.69, 9.17) is 23.2 Å². The molecule has 3 aromatic rings. The zero-order chi connectivity index (χ0) is 20.4. The first-order valence-corrected chi connectivity index (χ1v) is 9.72. The molecule has 1 N–H and O–H groups in total. The monoisotopic (exact) mass is 429 g/mol. The number of benzene rings is 2. The van der Waals surface area contributed by atoms with Gasteiger partial charge in [-0.25, -0.2) is 9.67 Å². The fraction of sp³-hybridized carbons (Fsp3) is 0.200. The molecule has 2 amide bonds. The molecule has 4 rings (SSSR count). The molecular weight excluding hydrogens is 413 g/mol. The van der Waals surface area contributed by atoms with Gasteiger partial charge in [-0.2, -0.15) is 5.10 Å². The van der Waals surface area contributed by atoms with Crippen molar-refractivity contribution < 1.29 is 9.59 Å². The molecule has 148 valence electrons. The minimum absolute atomic E-state index is 0.133. The molecular formula is C20H17Cl2N5O2. The van der Waals surface area contributed by atoms with E-state index in [9.17, 15) is 9.59 Å². The SMILES string of the molecule is O=C(Nc1ccc(Cn2cncn2)cc1)C1CC(=O)N(c2cc(Cl)cc(Cl)c2)C1. The van der Waals surface area contributed by atoms with Crippen molar-refractivity contribution in [2.75, 3.05) is 16.8 Å². The Morgan fingerprint density at radius 1 is 1.14 bits per heavy atom. The Morgan fingerprint density at radius 2 is 1.86 bits per heavy atom. The summed E-state index contributed by atoms with van der Waals surface area (Å²) in [6.45, 7) is 0.883. The molecule has 1 aliphatic heterocycles. The van der Waals surface area contributed by atoms with Gasteiger partial charge in [-0.1, -0.05) is 35.3 Å². The van der Waals surface area contributed by atoms with Gasteiger partial charge in [0.1, 0.15) is 12.7 Å². The zero-order valence-corrected chi connectivity index (χ0v) is 16.8. The highest BCUT2D eigenvalue weighted by molar-refractivity contribution is 6.35. The van der Waals surface area contributed by atoms with Crippen molar-refractivity contribution in [3.63, 3.8) is 0 Å². The lowest BCUT2D eigenvalue weighted by Gasteiger charge is -2.17. The summed E-state index contributed by atoms with van der Waals surface area (Å²) in [6, 6.07) is 12.4. The second-order valence-corrected chi connectivity index (χ2v) is 7.69. The van der Waals surface area contributed by atoms with Crippen molar-refractivity contribution in [3.05, 3.63) is 70.7 Å². The molecule has 1 atom stereocenters. The maximum absolute atomic E-state index is 12.6. The second kappa shape index (κ2) is 8.23. The molecule has 1 unspecified atom stereocenters. The van der Waals surface area contributed by atoms with Gasteiger partial charge in [-0.3, -0.25) is 9.59 Å². The van der Waals surface area contributed by atoms with E-state index in [-0.39, 0.29) is 24.8 Å². The van der Waals surface area contributed by atoms with E-state index in [1.54, 1.807) is 34.1 Å². The number of aromatic nitrogens is 3. The van der Waals surface area contributed by atoms with E-state index in [2.05, 4.69) is 15.4 Å². The number of carbonyl (C=O) groups is 2. The number of amides is 2. The molecule has 1 aliphatic rings. The summed E-state index contributed by atoms with van der Waals surface area (Å²) in [7, 11) is 0. The number of anilines is 2. The molecule has 0 spiro atoms. The van der Waals surface area contributed by atoms with Crippen LogP contribution in [-0.2, 0) is 16.1 Å². The van der Waals surface area contributed by atoms with Gasteiger partial charge >= 0.3 is 0 Å². The molecule has 2 heterocycles. The van der Waals surface area contributed by atoms with Crippen molar-refractivity contribution >= 4 is 46.4 Å². The highest BCUT2D eigenvalue weighted by Gasteiger charge is 2.35. The first kappa shape index (κ1) is 19.4. The average Bonchev–Trinajstić information content (AvgIpc) is 3.32. The Morgan fingerprint density at radius 3 is 2.52 bits per heavy atom. The molecule has 1 saturated heterocycles. The van der Waals surface area contributed by atoms with E-state index >= 15 is 0 Å². The molecule has 0 radical (unpaired) electrons. The lowest BCUT2D eigenvalue weighted by molar-refractivity contribution is -0.122. The minimum Gasteiger partial charge on any atom is -0.326 e. The lowest BCUT2D eigenvalue weighted by Crippen LogP contribution is -2.28. The van der Waals surface area contributed by atoms with Crippen molar-refractivity contribution in [1.29, 1.82) is 0 Å². The van der Waals surface area contributed by atoms with Crippen LogP contribution < -0.4 is 10.2 Å². The van der Waals surface area contributed by atoms with E-state index in [1.165, 1.54) is 6.33 Å². The average molecular weight is 430 g/mol. The van der Waals surface area contributed by atoms with Crippen LogP contribution in [0.3, 0.4) is 0 Å². The number of halogens is 2. The number of rotatable bonds is 5. The van der Waals surface area contributed by atoms with Gasteiger partial charge in [-0.05, 0) is 35.9 Å². The molecule has 1 fully saturated rings. The minimum atomic E-state index is -0.449. The van der Waals surface area contributed by atoms with Crippen LogP contribution in [-0.4, -0.2) is 33.1 Å². The summed E-state index contributed by atoms with van der Waals surface area (Å²) in [6.07, 6.45) is 3.27. The third kappa shape index (κ3) is 4.58. The fourth-order valence-electron chi connectivity index (χ4n) is 3.27. The van der Waals surface area contributed by atoms with Crippen molar-refractivity contribution in [1.82, 2.24) is 14.8 Å². The van der Waals surface area contributed by atoms with E-state index < -0.39 is 5.92 Å². The van der Waals surface area contributed by atoms with Gasteiger partial charge in [0, 0.05) is 34.4 Å². The zero-order valence-electron chi connectivity index (χ0n) is 15.3. The Hall–Kier alpha value is -2.90. The lowest BCUT2D eigenvalue weighted by atomic mass is 10.1. The number of nitrogens with zero attached hydrogens (tertiary/aromatic N) is 4. The van der Waals surface area contributed by atoms with Crippen molar-refractivity contribution in [2.24, 2.45) is 5.92 Å². The van der Waals surface area contributed by atoms with Gasteiger partial charge in [0.2, 0.25) is 11.8 Å². The summed E-state index contributed by atoms with van der Waals surface area (Å²) in [5, 5.41) is 7.84. The molecule has 0 bridgehead atoms. The van der Waals surface area contributed by atoms with Gasteiger partial charge in [0.15, 0.2) is 0 Å². The maximum Gasteiger partial charge on any atom is 0.229 e. The maximum atomic E-state index is 12.6. The van der Waals surface area contributed by atoms with Crippen LogP contribution in [0.4, 0.5) is 11.4 Å². The van der Waals surface area contributed by atoms with Gasteiger partial charge in [0.05, 0.1) is 12.5 Å². The first-order chi connectivity index (χ1) is 14.0. The summed E-state index contributed by atoms with van der Waals surface area (Å²) >= 11 is 12.1. The Kier molecular flexibility index (Phi) is 5.51. The third-order valence-electron chi connectivity index (χ3n) is 4.69. The summed E-state index contributed by atoms with van der Waals surface area (Å²) in [5.41, 5.74) is 2.31. The number of hydrogen-bond acceptors (Lipinski definition) is 4. The van der Waals surface area contributed by atoms with Crippen LogP contribution in [0.15, 0.2) is 55.1 Å². The smallest absolute Gasteiger partial charge is 0.229 e. The largest absolute Gasteiger partial charge is 0.326 e. The van der Waals surface area contributed by atoms with Crippen LogP contribution in [0.25, 0.3) is 0 Å². The van der Waals surface area contributed by atoms with Crippen LogP contribution in [0.1, 0.15) is 12.0 Å². The topological polar surface area (TPSA) is 80.1 Å². The molecule has 2 aromatic carbocycles. The predicted molar refractivity (Wildman–Crippen MR) is 111 cm³/mol. The van der Waals surface area contributed by atoms with E-state index in [0.29, 0.717) is 28.0 Å². The van der Waals surface area contributed by atoms with Crippen molar-refractivity contribution in [2.45, 2.75) is 13.0 Å². The number of hydrogen-bond donors (Lipinski definition) is 1.